The van der Waals surface area contributed by atoms with Gasteiger partial charge in [0.05, 0.1) is 5.69 Å². The first-order valence-corrected chi connectivity index (χ1v) is 11.8. The Morgan fingerprint density at radius 2 is 1.68 bits per heavy atom. The monoisotopic (exact) mass is 492 g/mol. The van der Waals surface area contributed by atoms with Crippen LogP contribution in [0.4, 0.5) is 5.13 Å². The lowest BCUT2D eigenvalue weighted by Crippen LogP contribution is -2.10. The van der Waals surface area contributed by atoms with E-state index in [9.17, 15) is 4.79 Å². The van der Waals surface area contributed by atoms with Crippen LogP contribution in [-0.2, 0) is 11.2 Å². The van der Waals surface area contributed by atoms with Crippen molar-refractivity contribution >= 4 is 34.8 Å². The van der Waals surface area contributed by atoms with Crippen LogP contribution in [0.5, 0.6) is 5.75 Å². The zero-order chi connectivity index (χ0) is 22.6. The number of benzene rings is 3. The average molecular weight is 493 g/mol. The number of thiazole rings is 1. The third-order valence-corrected chi connectivity index (χ3v) is 6.90. The maximum Gasteiger partial charge on any atom is 0.341 e. The van der Waals surface area contributed by atoms with E-state index in [-0.39, 0.29) is 19.0 Å². The number of nitrogens with one attached hydrogen (secondary N) is 1. The molecule has 0 saturated carbocycles. The van der Waals surface area contributed by atoms with Crippen molar-refractivity contribution in [2.45, 2.75) is 18.8 Å². The highest BCUT2D eigenvalue weighted by atomic mass is 35.5. The van der Waals surface area contributed by atoms with Crippen molar-refractivity contribution in [3.05, 3.63) is 100 Å². The fourth-order valence-corrected chi connectivity index (χ4v) is 5.40. The summed E-state index contributed by atoms with van der Waals surface area (Å²) in [5, 5.41) is 13.4. The molecule has 1 aromatic heterocycles. The lowest BCUT2D eigenvalue weighted by atomic mass is 9.88. The molecular weight excluding hydrogens is 468 g/mol. The fraction of sp³-hybridized carbons (Fsp3) is 0.185. The molecule has 1 aliphatic rings. The Morgan fingerprint density at radius 3 is 2.32 bits per heavy atom. The molecule has 0 aliphatic heterocycles. The first-order valence-electron chi connectivity index (χ1n) is 11.0. The number of rotatable bonds is 9. The molecule has 0 amide bonds. The number of ether oxygens (including phenoxy) is 1. The van der Waals surface area contributed by atoms with Gasteiger partial charge < -0.3 is 15.2 Å². The van der Waals surface area contributed by atoms with Gasteiger partial charge in [0.25, 0.3) is 0 Å². The lowest BCUT2D eigenvalue weighted by molar-refractivity contribution is -0.139. The van der Waals surface area contributed by atoms with Gasteiger partial charge in [0.2, 0.25) is 0 Å². The zero-order valence-electron chi connectivity index (χ0n) is 18.4. The quantitative estimate of drug-likeness (QED) is 0.255. The molecule has 1 heterocycles. The largest absolute Gasteiger partial charge is 0.482 e. The minimum absolute atomic E-state index is 0. The van der Waals surface area contributed by atoms with Gasteiger partial charge in [-0.1, -0.05) is 72.8 Å². The Labute approximate surface area is 208 Å². The molecule has 0 saturated heterocycles. The van der Waals surface area contributed by atoms with Crippen LogP contribution < -0.4 is 10.1 Å². The molecule has 0 fully saturated rings. The smallest absolute Gasteiger partial charge is 0.341 e. The normalized spacial score (nSPS) is 11.4. The van der Waals surface area contributed by atoms with Crippen molar-refractivity contribution in [2.24, 2.45) is 0 Å². The van der Waals surface area contributed by atoms with E-state index in [2.05, 4.69) is 66.0 Å². The first-order chi connectivity index (χ1) is 16.2. The number of hydrogen-bond donors (Lipinski definition) is 2. The zero-order valence-corrected chi connectivity index (χ0v) is 20.1. The predicted molar refractivity (Wildman–Crippen MR) is 139 cm³/mol. The Balaban J connectivity index is 0.00000274. The number of carbonyl (C=O) groups is 1. The van der Waals surface area contributed by atoms with Crippen LogP contribution in [0.1, 0.15) is 33.9 Å². The summed E-state index contributed by atoms with van der Waals surface area (Å²) in [6.45, 7) is 0.476. The number of fused-ring (bicyclic) bond motifs is 3. The van der Waals surface area contributed by atoms with Crippen LogP contribution in [0.15, 0.2) is 78.9 Å². The fourth-order valence-electron chi connectivity index (χ4n) is 4.38. The number of aromatic nitrogens is 1. The van der Waals surface area contributed by atoms with E-state index in [1.165, 1.54) is 16.0 Å². The molecular formula is C27H25ClN2O3S. The van der Waals surface area contributed by atoms with Gasteiger partial charge in [0, 0.05) is 34.9 Å². The summed E-state index contributed by atoms with van der Waals surface area (Å²) in [5.41, 5.74) is 5.65. The van der Waals surface area contributed by atoms with Crippen molar-refractivity contribution in [3.8, 4) is 17.0 Å². The van der Waals surface area contributed by atoms with E-state index < -0.39 is 5.97 Å². The Kier molecular flexibility index (Phi) is 7.50. The second-order valence-electron chi connectivity index (χ2n) is 8.02. The van der Waals surface area contributed by atoms with Gasteiger partial charge in [0.15, 0.2) is 11.7 Å². The van der Waals surface area contributed by atoms with Crippen LogP contribution in [0.25, 0.3) is 11.3 Å². The first kappa shape index (κ1) is 23.8. The summed E-state index contributed by atoms with van der Waals surface area (Å²) in [6.07, 6.45) is 1.68. The Morgan fingerprint density at radius 1 is 1.00 bits per heavy atom. The molecule has 174 valence electrons. The van der Waals surface area contributed by atoms with Crippen molar-refractivity contribution in [1.82, 2.24) is 4.98 Å². The van der Waals surface area contributed by atoms with Gasteiger partial charge in [-0.2, -0.15) is 0 Å². The molecule has 0 unspecified atom stereocenters. The van der Waals surface area contributed by atoms with Crippen molar-refractivity contribution in [2.75, 3.05) is 18.5 Å². The number of halogens is 1. The predicted octanol–water partition coefficient (Wildman–Crippen LogP) is 6.23. The van der Waals surface area contributed by atoms with E-state index in [0.29, 0.717) is 11.7 Å². The van der Waals surface area contributed by atoms with Crippen LogP contribution in [-0.4, -0.2) is 29.2 Å². The van der Waals surface area contributed by atoms with E-state index >= 15 is 0 Å². The van der Waals surface area contributed by atoms with Crippen molar-refractivity contribution in [1.29, 1.82) is 0 Å². The van der Waals surface area contributed by atoms with Crippen molar-refractivity contribution in [3.63, 3.8) is 0 Å². The summed E-state index contributed by atoms with van der Waals surface area (Å²) in [7, 11) is 0. The molecule has 5 nitrogen and oxygen atoms in total. The van der Waals surface area contributed by atoms with Crippen LogP contribution in [0.3, 0.4) is 0 Å². The molecule has 0 bridgehead atoms. The third-order valence-electron chi connectivity index (χ3n) is 5.89. The van der Waals surface area contributed by atoms with E-state index in [1.54, 1.807) is 11.3 Å². The minimum atomic E-state index is -0.978. The van der Waals surface area contributed by atoms with Crippen LogP contribution in [0.2, 0.25) is 0 Å². The second kappa shape index (κ2) is 10.7. The molecule has 0 radical (unpaired) electrons. The molecule has 5 rings (SSSR count). The highest BCUT2D eigenvalue weighted by Crippen LogP contribution is 2.44. The average Bonchev–Trinajstić information content (AvgIpc) is 3.39. The summed E-state index contributed by atoms with van der Waals surface area (Å²) in [4.78, 5) is 16.9. The van der Waals surface area contributed by atoms with E-state index in [1.807, 2.05) is 18.2 Å². The maximum atomic E-state index is 10.9. The van der Waals surface area contributed by atoms with Crippen LogP contribution >= 0.6 is 23.7 Å². The molecule has 0 atom stereocenters. The van der Waals surface area contributed by atoms with Gasteiger partial charge in [-0.15, -0.1) is 23.7 Å². The molecule has 0 spiro atoms. The number of anilines is 1. The molecule has 34 heavy (non-hydrogen) atoms. The van der Waals surface area contributed by atoms with Gasteiger partial charge in [0.1, 0.15) is 5.75 Å². The molecule has 7 heteroatoms. The van der Waals surface area contributed by atoms with Gasteiger partial charge in [-0.3, -0.25) is 0 Å². The minimum Gasteiger partial charge on any atom is -0.482 e. The summed E-state index contributed by atoms with van der Waals surface area (Å²) >= 11 is 1.66. The standard InChI is InChI=1S/C27H24N2O3S.ClH/c30-25(31)17-32-23-13-7-12-21-22(23)16-24-26(21)29-27(33-24)28-15-14-20(18-8-3-1-4-9-18)19-10-5-2-6-11-19;/h1-13,20H,14-17H2,(H,28,29)(H,30,31);1H. The Bertz CT molecular complexity index is 1220. The molecule has 1 aliphatic carbocycles. The van der Waals surface area contributed by atoms with E-state index in [0.717, 1.165) is 41.3 Å². The van der Waals surface area contributed by atoms with E-state index in [4.69, 9.17) is 14.8 Å². The summed E-state index contributed by atoms with van der Waals surface area (Å²) < 4.78 is 5.48. The number of hydrogen-bond acceptors (Lipinski definition) is 5. The number of nitrogens with zero attached hydrogens (tertiary/aromatic N) is 1. The molecule has 2 N–H and O–H groups in total. The summed E-state index contributed by atoms with van der Waals surface area (Å²) in [6, 6.07) is 27.0. The lowest BCUT2D eigenvalue weighted by Gasteiger charge is -2.18. The van der Waals surface area contributed by atoms with Gasteiger partial charge >= 0.3 is 5.97 Å². The topological polar surface area (TPSA) is 71.5 Å². The SMILES string of the molecule is Cl.O=C(O)COc1cccc2c1Cc1sc(NCCC(c3ccccc3)c3ccccc3)nc1-2. The van der Waals surface area contributed by atoms with Crippen LogP contribution in [0, 0.1) is 0 Å². The van der Waals surface area contributed by atoms with Gasteiger partial charge in [-0.25, -0.2) is 9.78 Å². The maximum absolute atomic E-state index is 10.9. The summed E-state index contributed by atoms with van der Waals surface area (Å²) in [5.74, 6) is -0.0288. The highest BCUT2D eigenvalue weighted by molar-refractivity contribution is 7.16. The van der Waals surface area contributed by atoms with Crippen molar-refractivity contribution < 1.29 is 14.6 Å². The second-order valence-corrected chi connectivity index (χ2v) is 9.11. The highest BCUT2D eigenvalue weighted by Gasteiger charge is 2.26. The van der Waals surface area contributed by atoms with Gasteiger partial charge in [-0.05, 0) is 23.6 Å². The number of aliphatic carboxylic acids is 1. The molecule has 4 aromatic rings. The molecule has 3 aromatic carbocycles. The number of carboxylic acid groups (broad SMARTS) is 1. The third kappa shape index (κ3) is 5.08. The number of carboxylic acids is 1. The Hall–Kier alpha value is -3.35.